The van der Waals surface area contributed by atoms with Crippen molar-refractivity contribution in [1.82, 2.24) is 4.90 Å². The zero-order valence-corrected chi connectivity index (χ0v) is 12.4. The van der Waals surface area contributed by atoms with Gasteiger partial charge in [-0.2, -0.15) is 0 Å². The molecule has 5 unspecified atom stereocenters. The topological polar surface area (TPSA) is 3.24 Å². The molecule has 4 rings (SSSR count). The van der Waals surface area contributed by atoms with E-state index in [9.17, 15) is 0 Å². The quantitative estimate of drug-likeness (QED) is 0.520. The minimum atomic E-state index is 0.608. The summed E-state index contributed by atoms with van der Waals surface area (Å²) >= 11 is 0. The molecule has 1 aliphatic heterocycles. The summed E-state index contributed by atoms with van der Waals surface area (Å²) in [6, 6.07) is 1.97. The molecule has 0 bridgehead atoms. The van der Waals surface area contributed by atoms with Gasteiger partial charge in [-0.05, 0) is 32.1 Å². The lowest BCUT2D eigenvalue weighted by atomic mass is 9.72. The summed E-state index contributed by atoms with van der Waals surface area (Å²) in [6.07, 6.45) is 23.2. The highest BCUT2D eigenvalue weighted by atomic mass is 15.2. The van der Waals surface area contributed by atoms with E-state index in [1.54, 1.807) is 5.57 Å². The third-order valence-electron chi connectivity index (χ3n) is 5.63. The van der Waals surface area contributed by atoms with Gasteiger partial charge < -0.3 is 0 Å². The number of likely N-dealkylation sites (tertiary alicyclic amines) is 1. The van der Waals surface area contributed by atoms with E-state index in [1.807, 2.05) is 0 Å². The third-order valence-corrected chi connectivity index (χ3v) is 5.63. The van der Waals surface area contributed by atoms with Crippen LogP contribution in [-0.2, 0) is 0 Å². The molecular weight excluding hydrogens is 241 g/mol. The smallest absolute Gasteiger partial charge is 0.105 e. The third kappa shape index (κ3) is 1.97. The summed E-state index contributed by atoms with van der Waals surface area (Å²) in [6.45, 7) is 0. The monoisotopic (exact) mass is 265 g/mol. The second-order valence-corrected chi connectivity index (χ2v) is 6.96. The normalized spacial score (nSPS) is 43.2. The van der Waals surface area contributed by atoms with Gasteiger partial charge in [-0.15, -0.1) is 0 Å². The second kappa shape index (κ2) is 5.07. The van der Waals surface area contributed by atoms with Gasteiger partial charge in [-0.1, -0.05) is 53.9 Å². The van der Waals surface area contributed by atoms with Crippen LogP contribution in [0.4, 0.5) is 0 Å². The van der Waals surface area contributed by atoms with Crippen molar-refractivity contribution in [3.05, 3.63) is 48.1 Å². The summed E-state index contributed by atoms with van der Waals surface area (Å²) in [4.78, 5) is 2.84. The highest BCUT2D eigenvalue weighted by Crippen LogP contribution is 2.47. The summed E-state index contributed by atoms with van der Waals surface area (Å²) in [5.41, 5.74) is 1.78. The number of fused-ring (bicyclic) bond motifs is 3. The van der Waals surface area contributed by atoms with Crippen molar-refractivity contribution in [1.29, 1.82) is 0 Å². The standard InChI is InChI=1S/C18H24BN/c19-13-10-11-16-15-8-4-5-9-17(15)20(18(16)12-13)14-6-2-1-3-7-14/h1-3,5-6,9,11,13-15,17-18H,4,7-8,10,12,19H2. The van der Waals surface area contributed by atoms with Gasteiger partial charge in [0.2, 0.25) is 0 Å². The molecule has 104 valence electrons. The van der Waals surface area contributed by atoms with Crippen molar-refractivity contribution in [2.75, 3.05) is 0 Å². The fourth-order valence-electron chi connectivity index (χ4n) is 4.72. The molecule has 5 atom stereocenters. The molecule has 1 fully saturated rings. The Hall–Kier alpha value is -1.02. The zero-order valence-electron chi connectivity index (χ0n) is 12.4. The van der Waals surface area contributed by atoms with Crippen molar-refractivity contribution < 1.29 is 0 Å². The molecule has 0 radical (unpaired) electrons. The van der Waals surface area contributed by atoms with Gasteiger partial charge in [-0.3, -0.25) is 4.90 Å². The van der Waals surface area contributed by atoms with Crippen LogP contribution in [0.25, 0.3) is 0 Å². The molecule has 0 aromatic carbocycles. The maximum Gasteiger partial charge on any atom is 0.105 e. The molecule has 3 aliphatic carbocycles. The lowest BCUT2D eigenvalue weighted by Crippen LogP contribution is -2.45. The Balaban J connectivity index is 1.71. The Morgan fingerprint density at radius 1 is 1.10 bits per heavy atom. The Labute approximate surface area is 123 Å². The Morgan fingerprint density at radius 3 is 2.90 bits per heavy atom. The zero-order chi connectivity index (χ0) is 13.5. The van der Waals surface area contributed by atoms with Gasteiger partial charge in [0.1, 0.15) is 7.85 Å². The van der Waals surface area contributed by atoms with E-state index in [-0.39, 0.29) is 0 Å². The van der Waals surface area contributed by atoms with E-state index in [4.69, 9.17) is 0 Å². The molecule has 0 amide bonds. The number of nitrogens with zero attached hydrogens (tertiary/aromatic N) is 1. The molecule has 0 saturated carbocycles. The maximum atomic E-state index is 2.84. The number of hydrogen-bond acceptors (Lipinski definition) is 1. The van der Waals surface area contributed by atoms with Crippen LogP contribution in [0.2, 0.25) is 5.82 Å². The van der Waals surface area contributed by atoms with Gasteiger partial charge in [-0.25, -0.2) is 0 Å². The van der Waals surface area contributed by atoms with E-state index in [0.29, 0.717) is 18.1 Å². The number of allylic oxidation sites excluding steroid dienone is 4. The van der Waals surface area contributed by atoms with Crippen LogP contribution in [0, 0.1) is 5.92 Å². The predicted molar refractivity (Wildman–Crippen MR) is 87.6 cm³/mol. The van der Waals surface area contributed by atoms with E-state index < -0.39 is 0 Å². The van der Waals surface area contributed by atoms with Crippen LogP contribution in [-0.4, -0.2) is 30.9 Å². The lowest BCUT2D eigenvalue weighted by Gasteiger charge is -2.38. The van der Waals surface area contributed by atoms with Crippen molar-refractivity contribution in [2.45, 2.75) is 56.0 Å². The molecule has 1 nitrogen and oxygen atoms in total. The van der Waals surface area contributed by atoms with Crippen molar-refractivity contribution >= 4 is 7.85 Å². The summed E-state index contributed by atoms with van der Waals surface area (Å²) < 4.78 is 0. The largest absolute Gasteiger partial charge is 0.283 e. The van der Waals surface area contributed by atoms with Crippen LogP contribution in [0.15, 0.2) is 48.1 Å². The molecule has 0 aromatic heterocycles. The summed E-state index contributed by atoms with van der Waals surface area (Å²) in [5, 5.41) is 0. The Bertz CT molecular complexity index is 502. The summed E-state index contributed by atoms with van der Waals surface area (Å²) in [7, 11) is 2.42. The SMILES string of the molecule is BC1CC=C2C3CCC=CC3N(C3C=CC=CC3)C2C1. The Morgan fingerprint density at radius 2 is 2.05 bits per heavy atom. The first kappa shape index (κ1) is 12.7. The molecule has 1 saturated heterocycles. The maximum absolute atomic E-state index is 2.84. The highest BCUT2D eigenvalue weighted by Gasteiger charge is 2.47. The first-order chi connectivity index (χ1) is 9.84. The molecule has 4 aliphatic rings. The molecule has 0 N–H and O–H groups in total. The van der Waals surface area contributed by atoms with Crippen LogP contribution in [0.5, 0.6) is 0 Å². The minimum absolute atomic E-state index is 0.608. The molecule has 20 heavy (non-hydrogen) atoms. The highest BCUT2D eigenvalue weighted by molar-refractivity contribution is 6.11. The fourth-order valence-corrected chi connectivity index (χ4v) is 4.72. The van der Waals surface area contributed by atoms with Crippen LogP contribution in [0.1, 0.15) is 32.1 Å². The molecule has 2 heteroatoms. The molecule has 1 heterocycles. The summed E-state index contributed by atoms with van der Waals surface area (Å²) in [5.74, 6) is 1.65. The van der Waals surface area contributed by atoms with Gasteiger partial charge in [0.05, 0.1) is 0 Å². The average molecular weight is 265 g/mol. The second-order valence-electron chi connectivity index (χ2n) is 6.96. The minimum Gasteiger partial charge on any atom is -0.283 e. The Kier molecular flexibility index (Phi) is 3.22. The van der Waals surface area contributed by atoms with Crippen molar-refractivity contribution in [3.63, 3.8) is 0 Å². The average Bonchev–Trinajstić information content (AvgIpc) is 2.81. The van der Waals surface area contributed by atoms with Gasteiger partial charge >= 0.3 is 0 Å². The molecule has 0 spiro atoms. The number of rotatable bonds is 1. The van der Waals surface area contributed by atoms with Crippen LogP contribution >= 0.6 is 0 Å². The van der Waals surface area contributed by atoms with E-state index in [2.05, 4.69) is 55.3 Å². The molecule has 0 aromatic rings. The first-order valence-electron chi connectivity index (χ1n) is 8.32. The number of hydrogen-bond donors (Lipinski definition) is 0. The van der Waals surface area contributed by atoms with Crippen LogP contribution in [0.3, 0.4) is 0 Å². The van der Waals surface area contributed by atoms with E-state index in [0.717, 1.165) is 11.7 Å². The van der Waals surface area contributed by atoms with Crippen LogP contribution < -0.4 is 0 Å². The predicted octanol–water partition coefficient (Wildman–Crippen LogP) is 3.03. The van der Waals surface area contributed by atoms with Gasteiger partial charge in [0, 0.05) is 24.0 Å². The van der Waals surface area contributed by atoms with Gasteiger partial charge in [0.15, 0.2) is 0 Å². The first-order valence-corrected chi connectivity index (χ1v) is 8.32. The lowest BCUT2D eigenvalue weighted by molar-refractivity contribution is 0.161. The van der Waals surface area contributed by atoms with E-state index in [1.165, 1.54) is 32.1 Å². The van der Waals surface area contributed by atoms with Crippen molar-refractivity contribution in [3.8, 4) is 0 Å². The fraction of sp³-hybridized carbons (Fsp3) is 0.556. The molecular formula is C18H24BN. The van der Waals surface area contributed by atoms with E-state index >= 15 is 0 Å². The van der Waals surface area contributed by atoms with Crippen molar-refractivity contribution in [2.24, 2.45) is 5.92 Å². The van der Waals surface area contributed by atoms with Gasteiger partial charge in [0.25, 0.3) is 0 Å².